The van der Waals surface area contributed by atoms with Crippen LogP contribution < -0.4 is 5.56 Å². The minimum atomic E-state index is -0.382. The molecule has 130 valence electrons. The number of rotatable bonds is 4. The van der Waals surface area contributed by atoms with Gasteiger partial charge < -0.3 is 4.98 Å². The molecule has 0 bridgehead atoms. The quantitative estimate of drug-likeness (QED) is 0.673. The molecule has 0 spiro atoms. The number of benzene rings is 1. The summed E-state index contributed by atoms with van der Waals surface area (Å²) in [6.45, 7) is 4.28. The monoisotopic (exact) mass is 354 g/mol. The molecule has 1 atom stereocenters. The van der Waals surface area contributed by atoms with Crippen molar-refractivity contribution < 1.29 is 0 Å². The number of nitrogens with one attached hydrogen (secondary N) is 1. The van der Waals surface area contributed by atoms with Crippen molar-refractivity contribution in [3.05, 3.63) is 45.7 Å². The zero-order valence-corrected chi connectivity index (χ0v) is 15.4. The maximum Gasteiger partial charge on any atom is 0.270 e. The molecule has 0 saturated carbocycles. The fourth-order valence-electron chi connectivity index (χ4n) is 3.31. The Bertz CT molecular complexity index is 855. The predicted octanol–water partition coefficient (Wildman–Crippen LogP) is 3.40. The molecule has 25 heavy (non-hydrogen) atoms. The van der Waals surface area contributed by atoms with Crippen LogP contribution in [0.1, 0.15) is 37.3 Å². The topological polar surface area (TPSA) is 72.8 Å². The van der Waals surface area contributed by atoms with E-state index in [4.69, 9.17) is 0 Å². The molecular weight excluding hydrogens is 332 g/mol. The van der Waals surface area contributed by atoms with Crippen LogP contribution in [0, 0.1) is 11.3 Å². The third-order valence-electron chi connectivity index (χ3n) is 4.73. The van der Waals surface area contributed by atoms with E-state index < -0.39 is 0 Å². The number of nitrogens with zero attached hydrogens (tertiary/aromatic N) is 3. The van der Waals surface area contributed by atoms with E-state index >= 15 is 0 Å². The molecule has 6 heteroatoms. The van der Waals surface area contributed by atoms with Gasteiger partial charge in [-0.25, -0.2) is 4.98 Å². The second-order valence-corrected chi connectivity index (χ2v) is 7.22. The molecule has 1 aromatic heterocycles. The molecule has 0 aliphatic carbocycles. The van der Waals surface area contributed by atoms with E-state index in [0.29, 0.717) is 16.9 Å². The van der Waals surface area contributed by atoms with Gasteiger partial charge in [0.05, 0.1) is 5.69 Å². The largest absolute Gasteiger partial charge is 0.300 e. The predicted molar refractivity (Wildman–Crippen MR) is 101 cm³/mol. The number of thioether (sulfide) groups is 1. The van der Waals surface area contributed by atoms with Gasteiger partial charge in [0.2, 0.25) is 0 Å². The van der Waals surface area contributed by atoms with E-state index in [1.807, 2.05) is 30.5 Å². The second kappa shape index (κ2) is 7.85. The lowest BCUT2D eigenvalue weighted by Crippen LogP contribution is -2.36. The summed E-state index contributed by atoms with van der Waals surface area (Å²) in [5.41, 5.74) is 2.15. The molecule has 1 N–H and O–H groups in total. The molecule has 1 aromatic carbocycles. The molecule has 5 nitrogen and oxygen atoms in total. The standard InChI is InChI=1S/C19H22N4OS/c1-13-6-3-4-9-23(13)12-14-7-5-8-15(10-14)17-16(11-20)18(24)22-19(21-17)25-2/h5,7-8,10,13H,3-4,6,9,12H2,1-2H3,(H,21,22,24). The summed E-state index contributed by atoms with van der Waals surface area (Å²) in [7, 11) is 0. The van der Waals surface area contributed by atoms with Crippen molar-refractivity contribution in [3.8, 4) is 17.3 Å². The number of H-pyrrole nitrogens is 1. The van der Waals surface area contributed by atoms with Crippen molar-refractivity contribution in [2.24, 2.45) is 0 Å². The Morgan fingerprint density at radius 1 is 1.44 bits per heavy atom. The average Bonchev–Trinajstić information content (AvgIpc) is 2.63. The first kappa shape index (κ1) is 17.7. The fraction of sp³-hybridized carbons (Fsp3) is 0.421. The minimum Gasteiger partial charge on any atom is -0.300 e. The fourth-order valence-corrected chi connectivity index (χ4v) is 3.68. The first-order chi connectivity index (χ1) is 12.1. The summed E-state index contributed by atoms with van der Waals surface area (Å²) in [6, 6.07) is 10.6. The van der Waals surface area contributed by atoms with Crippen molar-refractivity contribution in [3.63, 3.8) is 0 Å². The SMILES string of the molecule is CSc1nc(-c2cccc(CN3CCCCC3C)c2)c(C#N)c(=O)[nH]1. The first-order valence-electron chi connectivity index (χ1n) is 8.54. The number of hydrogen-bond acceptors (Lipinski definition) is 5. The van der Waals surface area contributed by atoms with Crippen molar-refractivity contribution in [1.29, 1.82) is 5.26 Å². The van der Waals surface area contributed by atoms with Crippen LogP contribution in [0.4, 0.5) is 0 Å². The third-order valence-corrected chi connectivity index (χ3v) is 5.31. The van der Waals surface area contributed by atoms with Crippen molar-refractivity contribution in [2.75, 3.05) is 12.8 Å². The first-order valence-corrected chi connectivity index (χ1v) is 9.76. The third kappa shape index (κ3) is 3.94. The van der Waals surface area contributed by atoms with Crippen LogP contribution in [0.3, 0.4) is 0 Å². The van der Waals surface area contributed by atoms with Crippen molar-refractivity contribution in [1.82, 2.24) is 14.9 Å². The second-order valence-electron chi connectivity index (χ2n) is 6.43. The number of nitriles is 1. The summed E-state index contributed by atoms with van der Waals surface area (Å²) >= 11 is 1.36. The van der Waals surface area contributed by atoms with Crippen molar-refractivity contribution in [2.45, 2.75) is 43.9 Å². The van der Waals surface area contributed by atoms with E-state index in [1.54, 1.807) is 0 Å². The Labute approximate surface area is 152 Å². The molecule has 0 amide bonds. The Morgan fingerprint density at radius 3 is 3.00 bits per heavy atom. The lowest BCUT2D eigenvalue weighted by Gasteiger charge is -2.33. The van der Waals surface area contributed by atoms with Crippen LogP contribution in [0.25, 0.3) is 11.3 Å². The van der Waals surface area contributed by atoms with E-state index in [1.165, 1.54) is 36.6 Å². The summed E-state index contributed by atoms with van der Waals surface area (Å²) in [4.78, 5) is 21.7. The summed E-state index contributed by atoms with van der Waals surface area (Å²) in [5.74, 6) is 0. The van der Waals surface area contributed by atoms with E-state index in [2.05, 4.69) is 27.9 Å². The van der Waals surface area contributed by atoms with Crippen molar-refractivity contribution >= 4 is 11.8 Å². The van der Waals surface area contributed by atoms with E-state index in [-0.39, 0.29) is 11.1 Å². The maximum atomic E-state index is 12.1. The number of likely N-dealkylation sites (tertiary alicyclic amines) is 1. The molecule has 1 aliphatic rings. The molecule has 2 heterocycles. The van der Waals surface area contributed by atoms with Gasteiger partial charge in [0, 0.05) is 18.2 Å². The summed E-state index contributed by atoms with van der Waals surface area (Å²) < 4.78 is 0. The van der Waals surface area contributed by atoms with Gasteiger partial charge >= 0.3 is 0 Å². The Hall–Kier alpha value is -2.10. The summed E-state index contributed by atoms with van der Waals surface area (Å²) in [6.07, 6.45) is 5.64. The van der Waals surface area contributed by atoms with Gasteiger partial charge in [0.15, 0.2) is 5.16 Å². The number of piperidine rings is 1. The zero-order chi connectivity index (χ0) is 17.8. The van der Waals surface area contributed by atoms with Gasteiger partial charge in [-0.1, -0.05) is 36.4 Å². The molecule has 1 fully saturated rings. The summed E-state index contributed by atoms with van der Waals surface area (Å²) in [5, 5.41) is 9.89. The zero-order valence-electron chi connectivity index (χ0n) is 14.6. The van der Waals surface area contributed by atoms with Crippen LogP contribution in [0.15, 0.2) is 34.2 Å². The van der Waals surface area contributed by atoms with E-state index in [9.17, 15) is 10.1 Å². The van der Waals surface area contributed by atoms with Gasteiger partial charge in [-0.2, -0.15) is 5.26 Å². The van der Waals surface area contributed by atoms with Crippen LogP contribution in [-0.2, 0) is 6.54 Å². The lowest BCUT2D eigenvalue weighted by atomic mass is 10.0. The number of aromatic amines is 1. The van der Waals surface area contributed by atoms with Crippen LogP contribution in [0.5, 0.6) is 0 Å². The van der Waals surface area contributed by atoms with Gasteiger partial charge in [-0.3, -0.25) is 9.69 Å². The molecule has 1 saturated heterocycles. The smallest absolute Gasteiger partial charge is 0.270 e. The Balaban J connectivity index is 1.95. The lowest BCUT2D eigenvalue weighted by molar-refractivity contribution is 0.152. The van der Waals surface area contributed by atoms with Crippen LogP contribution >= 0.6 is 11.8 Å². The number of aromatic nitrogens is 2. The van der Waals surface area contributed by atoms with Gasteiger partial charge in [0.25, 0.3) is 5.56 Å². The molecular formula is C19H22N4OS. The van der Waals surface area contributed by atoms with Gasteiger partial charge in [-0.15, -0.1) is 0 Å². The maximum absolute atomic E-state index is 12.1. The minimum absolute atomic E-state index is 0.0706. The molecule has 3 rings (SSSR count). The highest BCUT2D eigenvalue weighted by atomic mass is 32.2. The highest BCUT2D eigenvalue weighted by Gasteiger charge is 2.19. The number of hydrogen-bond donors (Lipinski definition) is 1. The Morgan fingerprint density at radius 2 is 2.28 bits per heavy atom. The van der Waals surface area contributed by atoms with Crippen LogP contribution in [0.2, 0.25) is 0 Å². The molecule has 2 aromatic rings. The molecule has 1 unspecified atom stereocenters. The van der Waals surface area contributed by atoms with Gasteiger partial charge in [-0.05, 0) is 44.2 Å². The average molecular weight is 354 g/mol. The van der Waals surface area contributed by atoms with E-state index in [0.717, 1.165) is 18.7 Å². The molecule has 1 aliphatic heterocycles. The normalized spacial score (nSPS) is 18.0. The molecule has 0 radical (unpaired) electrons. The Kier molecular flexibility index (Phi) is 5.57. The van der Waals surface area contributed by atoms with Gasteiger partial charge in [0.1, 0.15) is 11.6 Å². The highest BCUT2D eigenvalue weighted by molar-refractivity contribution is 7.98. The van der Waals surface area contributed by atoms with Crippen LogP contribution in [-0.4, -0.2) is 33.7 Å². The highest BCUT2D eigenvalue weighted by Crippen LogP contribution is 2.24.